The van der Waals surface area contributed by atoms with Gasteiger partial charge in [0.05, 0.1) is 5.60 Å². The van der Waals surface area contributed by atoms with E-state index >= 15 is 0 Å². The maximum absolute atomic E-state index is 10.2. The second-order valence-corrected chi connectivity index (χ2v) is 6.05. The van der Waals surface area contributed by atoms with Crippen molar-refractivity contribution in [3.63, 3.8) is 0 Å². The third-order valence-corrected chi connectivity index (χ3v) is 4.36. The van der Waals surface area contributed by atoms with Gasteiger partial charge in [0.25, 0.3) is 0 Å². The van der Waals surface area contributed by atoms with E-state index in [1.54, 1.807) is 0 Å². The molecule has 1 atom stereocenters. The zero-order chi connectivity index (χ0) is 12.9. The van der Waals surface area contributed by atoms with E-state index < -0.39 is 5.60 Å². The van der Waals surface area contributed by atoms with Gasteiger partial charge in [0.15, 0.2) is 0 Å². The van der Waals surface area contributed by atoms with Crippen LogP contribution in [0.2, 0.25) is 0 Å². The van der Waals surface area contributed by atoms with Gasteiger partial charge in [-0.3, -0.25) is 4.90 Å². The highest BCUT2D eigenvalue weighted by molar-refractivity contribution is 4.88. The molecule has 1 aliphatic rings. The molecular formula is C14H30N2O. The van der Waals surface area contributed by atoms with Gasteiger partial charge in [0, 0.05) is 19.6 Å². The Bertz CT molecular complexity index is 224. The summed E-state index contributed by atoms with van der Waals surface area (Å²) in [4.78, 5) is 2.45. The second kappa shape index (κ2) is 6.17. The molecular weight excluding hydrogens is 212 g/mol. The van der Waals surface area contributed by atoms with E-state index in [1.165, 1.54) is 12.8 Å². The van der Waals surface area contributed by atoms with Crippen LogP contribution in [0.5, 0.6) is 0 Å². The smallest absolute Gasteiger partial charge is 0.0746 e. The number of piperidine rings is 1. The Labute approximate surface area is 107 Å². The molecule has 1 unspecified atom stereocenters. The first-order chi connectivity index (χ1) is 7.97. The maximum atomic E-state index is 10.2. The average molecular weight is 242 g/mol. The van der Waals surface area contributed by atoms with E-state index in [-0.39, 0.29) is 0 Å². The largest absolute Gasteiger partial charge is 0.389 e. The van der Waals surface area contributed by atoms with E-state index in [4.69, 9.17) is 0 Å². The van der Waals surface area contributed by atoms with Gasteiger partial charge in [0.2, 0.25) is 0 Å². The van der Waals surface area contributed by atoms with Crippen molar-refractivity contribution >= 4 is 0 Å². The number of hydrogen-bond donors (Lipinski definition) is 2. The van der Waals surface area contributed by atoms with E-state index in [1.807, 2.05) is 14.0 Å². The van der Waals surface area contributed by atoms with Crippen LogP contribution in [-0.2, 0) is 0 Å². The summed E-state index contributed by atoms with van der Waals surface area (Å²) in [5.74, 6) is 0. The molecule has 3 heteroatoms. The van der Waals surface area contributed by atoms with Crippen molar-refractivity contribution in [2.75, 3.05) is 33.2 Å². The Hall–Kier alpha value is -0.120. The third-order valence-electron chi connectivity index (χ3n) is 4.36. The van der Waals surface area contributed by atoms with Gasteiger partial charge < -0.3 is 10.4 Å². The summed E-state index contributed by atoms with van der Waals surface area (Å²) in [7, 11) is 2.03. The molecule has 1 saturated heterocycles. The molecule has 0 saturated carbocycles. The standard InChI is InChI=1S/C14H30N2O/c1-5-14(6-2,10-15-4)12-16-9-7-8-13(3,17)11-16/h15,17H,5-12H2,1-4H3. The molecule has 17 heavy (non-hydrogen) atoms. The minimum Gasteiger partial charge on any atom is -0.389 e. The number of hydrogen-bond acceptors (Lipinski definition) is 3. The van der Waals surface area contributed by atoms with Crippen molar-refractivity contribution < 1.29 is 5.11 Å². The highest BCUT2D eigenvalue weighted by Gasteiger charge is 2.33. The van der Waals surface area contributed by atoms with Crippen LogP contribution in [0.25, 0.3) is 0 Å². The molecule has 102 valence electrons. The van der Waals surface area contributed by atoms with Crippen LogP contribution in [-0.4, -0.2) is 48.8 Å². The van der Waals surface area contributed by atoms with Crippen LogP contribution >= 0.6 is 0 Å². The molecule has 1 fully saturated rings. The summed E-state index contributed by atoms with van der Waals surface area (Å²) in [5, 5.41) is 13.5. The van der Waals surface area contributed by atoms with E-state index in [0.29, 0.717) is 5.41 Å². The number of nitrogens with zero attached hydrogens (tertiary/aromatic N) is 1. The molecule has 1 aliphatic heterocycles. The van der Waals surface area contributed by atoms with Gasteiger partial charge in [-0.25, -0.2) is 0 Å². The van der Waals surface area contributed by atoms with E-state index in [9.17, 15) is 5.11 Å². The van der Waals surface area contributed by atoms with Crippen molar-refractivity contribution in [3.05, 3.63) is 0 Å². The minimum atomic E-state index is -0.481. The van der Waals surface area contributed by atoms with E-state index in [0.717, 1.165) is 39.0 Å². The van der Waals surface area contributed by atoms with Crippen molar-refractivity contribution in [2.45, 2.75) is 52.1 Å². The lowest BCUT2D eigenvalue weighted by Crippen LogP contribution is -2.51. The van der Waals surface area contributed by atoms with Crippen LogP contribution in [0.3, 0.4) is 0 Å². The molecule has 0 radical (unpaired) electrons. The topological polar surface area (TPSA) is 35.5 Å². The van der Waals surface area contributed by atoms with Gasteiger partial charge >= 0.3 is 0 Å². The van der Waals surface area contributed by atoms with Crippen LogP contribution in [0.15, 0.2) is 0 Å². The van der Waals surface area contributed by atoms with Crippen molar-refractivity contribution in [3.8, 4) is 0 Å². The van der Waals surface area contributed by atoms with Crippen molar-refractivity contribution in [2.24, 2.45) is 5.41 Å². The molecule has 0 spiro atoms. The lowest BCUT2D eigenvalue weighted by molar-refractivity contribution is -0.0294. The average Bonchev–Trinajstić information content (AvgIpc) is 2.27. The molecule has 2 N–H and O–H groups in total. The first kappa shape index (κ1) is 14.9. The zero-order valence-corrected chi connectivity index (χ0v) is 12.1. The molecule has 0 aromatic carbocycles. The molecule has 1 heterocycles. The minimum absolute atomic E-state index is 0.363. The van der Waals surface area contributed by atoms with Crippen molar-refractivity contribution in [1.29, 1.82) is 0 Å². The predicted octanol–water partition coefficient (Wildman–Crippen LogP) is 1.86. The summed E-state index contributed by atoms with van der Waals surface area (Å²) >= 11 is 0. The monoisotopic (exact) mass is 242 g/mol. The molecule has 3 nitrogen and oxygen atoms in total. The van der Waals surface area contributed by atoms with Crippen molar-refractivity contribution in [1.82, 2.24) is 10.2 Å². The molecule has 0 amide bonds. The molecule has 1 rings (SSSR count). The van der Waals surface area contributed by atoms with Gasteiger partial charge in [-0.15, -0.1) is 0 Å². The Morgan fingerprint density at radius 3 is 2.47 bits per heavy atom. The lowest BCUT2D eigenvalue weighted by atomic mass is 9.80. The van der Waals surface area contributed by atoms with E-state index in [2.05, 4.69) is 24.1 Å². The Morgan fingerprint density at radius 2 is 2.00 bits per heavy atom. The number of β-amino-alcohol motifs (C(OH)–C–C–N with tert-alkyl or cyclic N) is 1. The van der Waals surface area contributed by atoms with Gasteiger partial charge in [-0.1, -0.05) is 13.8 Å². The highest BCUT2D eigenvalue weighted by Crippen LogP contribution is 2.29. The Morgan fingerprint density at radius 1 is 1.35 bits per heavy atom. The fourth-order valence-electron chi connectivity index (χ4n) is 3.09. The summed E-state index contributed by atoms with van der Waals surface area (Å²) in [6.45, 7) is 10.7. The summed E-state index contributed by atoms with van der Waals surface area (Å²) < 4.78 is 0. The van der Waals surface area contributed by atoms with Crippen LogP contribution in [0.1, 0.15) is 46.5 Å². The lowest BCUT2D eigenvalue weighted by Gasteiger charge is -2.43. The maximum Gasteiger partial charge on any atom is 0.0746 e. The summed E-state index contributed by atoms with van der Waals surface area (Å²) in [6, 6.07) is 0. The molecule has 0 aromatic rings. The highest BCUT2D eigenvalue weighted by atomic mass is 16.3. The fourth-order valence-corrected chi connectivity index (χ4v) is 3.09. The predicted molar refractivity (Wildman–Crippen MR) is 73.2 cm³/mol. The molecule has 0 aromatic heterocycles. The first-order valence-corrected chi connectivity index (χ1v) is 7.06. The SMILES string of the molecule is CCC(CC)(CNC)CN1CCCC(C)(O)C1. The number of nitrogens with one attached hydrogen (secondary N) is 1. The number of aliphatic hydroxyl groups is 1. The van der Waals surface area contributed by atoms with Crippen LogP contribution < -0.4 is 5.32 Å². The first-order valence-electron chi connectivity index (χ1n) is 7.06. The molecule has 0 bridgehead atoms. The van der Waals surface area contributed by atoms with Crippen LogP contribution in [0.4, 0.5) is 0 Å². The zero-order valence-electron chi connectivity index (χ0n) is 12.1. The number of rotatable bonds is 6. The Kier molecular flexibility index (Phi) is 5.42. The van der Waals surface area contributed by atoms with Crippen LogP contribution in [0, 0.1) is 5.41 Å². The summed E-state index contributed by atoms with van der Waals surface area (Å²) in [6.07, 6.45) is 4.46. The van der Waals surface area contributed by atoms with Gasteiger partial charge in [-0.2, -0.15) is 0 Å². The Balaban J connectivity index is 2.60. The van der Waals surface area contributed by atoms with Gasteiger partial charge in [0.1, 0.15) is 0 Å². The third kappa shape index (κ3) is 4.23. The fraction of sp³-hybridized carbons (Fsp3) is 1.00. The second-order valence-electron chi connectivity index (χ2n) is 6.05. The quantitative estimate of drug-likeness (QED) is 0.746. The normalized spacial score (nSPS) is 27.4. The molecule has 0 aliphatic carbocycles. The summed E-state index contributed by atoms with van der Waals surface area (Å²) in [5.41, 5.74) is -0.118. The number of likely N-dealkylation sites (tertiary alicyclic amines) is 1. The van der Waals surface area contributed by atoms with Gasteiger partial charge in [-0.05, 0) is 51.6 Å².